The lowest BCUT2D eigenvalue weighted by atomic mass is 10.1. The average molecular weight is 195 g/mol. The van der Waals surface area contributed by atoms with Crippen molar-refractivity contribution in [2.24, 2.45) is 0 Å². The van der Waals surface area contributed by atoms with E-state index in [-0.39, 0.29) is 16.9 Å². The summed E-state index contributed by atoms with van der Waals surface area (Å²) < 4.78 is 17.7. The second kappa shape index (κ2) is 3.75. The van der Waals surface area contributed by atoms with Crippen molar-refractivity contribution in [2.45, 2.75) is 0 Å². The van der Waals surface area contributed by atoms with E-state index in [0.717, 1.165) is 19.2 Å². The Morgan fingerprint density at radius 1 is 1.64 bits per heavy atom. The fourth-order valence-electron chi connectivity index (χ4n) is 1.02. The molecule has 0 aliphatic carbocycles. The highest BCUT2D eigenvalue weighted by atomic mass is 19.1. The molecule has 0 fully saturated rings. The molecule has 1 rings (SSSR count). The van der Waals surface area contributed by atoms with Gasteiger partial charge in [-0.1, -0.05) is 0 Å². The van der Waals surface area contributed by atoms with Crippen LogP contribution in [0, 0.1) is 17.1 Å². The Morgan fingerprint density at radius 2 is 2.29 bits per heavy atom. The average Bonchev–Trinajstić information content (AvgIpc) is 2.16. The van der Waals surface area contributed by atoms with Crippen molar-refractivity contribution in [3.63, 3.8) is 0 Å². The number of hydrogen-bond donors (Lipinski definition) is 1. The van der Waals surface area contributed by atoms with Crippen LogP contribution < -0.4 is 4.74 Å². The molecule has 14 heavy (non-hydrogen) atoms. The van der Waals surface area contributed by atoms with E-state index in [1.54, 1.807) is 6.07 Å². The quantitative estimate of drug-likeness (QED) is 0.774. The van der Waals surface area contributed by atoms with Crippen molar-refractivity contribution in [2.75, 3.05) is 7.11 Å². The lowest BCUT2D eigenvalue weighted by Crippen LogP contribution is -2.03. The van der Waals surface area contributed by atoms with Gasteiger partial charge in [0.25, 0.3) is 0 Å². The van der Waals surface area contributed by atoms with E-state index in [0.29, 0.717) is 0 Å². The molecule has 0 amide bonds. The number of halogens is 1. The smallest absolute Gasteiger partial charge is 0.339 e. The number of rotatable bonds is 2. The van der Waals surface area contributed by atoms with Gasteiger partial charge < -0.3 is 9.84 Å². The number of ether oxygens (including phenoxy) is 1. The number of nitriles is 1. The molecule has 4 nitrogen and oxygen atoms in total. The summed E-state index contributed by atoms with van der Waals surface area (Å²) in [6, 6.07) is 3.64. The van der Waals surface area contributed by atoms with Crippen LogP contribution >= 0.6 is 0 Å². The molecule has 5 heteroatoms. The second-order valence-electron chi connectivity index (χ2n) is 2.46. The third-order valence-electron chi connectivity index (χ3n) is 1.61. The minimum Gasteiger partial charge on any atom is -0.493 e. The number of carboxylic acids is 1. The highest BCUT2D eigenvalue weighted by Gasteiger charge is 2.16. The number of benzene rings is 1. The molecule has 0 saturated heterocycles. The van der Waals surface area contributed by atoms with Crippen LogP contribution in [0.5, 0.6) is 5.75 Å². The molecule has 0 aliphatic heterocycles. The molecular weight excluding hydrogens is 189 g/mol. The van der Waals surface area contributed by atoms with E-state index in [1.807, 2.05) is 0 Å². The van der Waals surface area contributed by atoms with Gasteiger partial charge in [-0.25, -0.2) is 9.18 Å². The minimum atomic E-state index is -1.34. The van der Waals surface area contributed by atoms with Crippen LogP contribution in [-0.2, 0) is 0 Å². The van der Waals surface area contributed by atoms with E-state index in [9.17, 15) is 9.18 Å². The van der Waals surface area contributed by atoms with Crippen LogP contribution in [0.2, 0.25) is 0 Å². The standard InChI is InChI=1S/C9H6FNO3/c1-14-8-6(9(12)13)2-5(4-11)3-7(8)10/h2-3H,1H3,(H,12,13). The van der Waals surface area contributed by atoms with Crippen LogP contribution in [0.4, 0.5) is 4.39 Å². The van der Waals surface area contributed by atoms with Crippen molar-refractivity contribution in [1.29, 1.82) is 5.26 Å². The number of nitrogens with zero attached hydrogens (tertiary/aromatic N) is 1. The van der Waals surface area contributed by atoms with E-state index in [2.05, 4.69) is 4.74 Å². The first-order valence-corrected chi connectivity index (χ1v) is 3.61. The molecule has 0 saturated carbocycles. The van der Waals surface area contributed by atoms with E-state index in [1.165, 1.54) is 0 Å². The van der Waals surface area contributed by atoms with Gasteiger partial charge in [-0.05, 0) is 12.1 Å². The molecule has 0 radical (unpaired) electrons. The van der Waals surface area contributed by atoms with Gasteiger partial charge in [0.1, 0.15) is 5.56 Å². The van der Waals surface area contributed by atoms with Gasteiger partial charge in [0.05, 0.1) is 18.7 Å². The number of hydrogen-bond acceptors (Lipinski definition) is 3. The monoisotopic (exact) mass is 195 g/mol. The first-order valence-electron chi connectivity index (χ1n) is 3.61. The van der Waals surface area contributed by atoms with Crippen LogP contribution in [0.25, 0.3) is 0 Å². The van der Waals surface area contributed by atoms with Gasteiger partial charge in [-0.2, -0.15) is 5.26 Å². The number of aromatic carboxylic acids is 1. The molecule has 0 unspecified atom stereocenters. The van der Waals surface area contributed by atoms with Crippen molar-refractivity contribution in [1.82, 2.24) is 0 Å². The molecular formula is C9H6FNO3. The van der Waals surface area contributed by atoms with Crippen LogP contribution in [-0.4, -0.2) is 18.2 Å². The highest BCUT2D eigenvalue weighted by molar-refractivity contribution is 5.91. The highest BCUT2D eigenvalue weighted by Crippen LogP contribution is 2.24. The maximum absolute atomic E-state index is 13.1. The van der Waals surface area contributed by atoms with Crippen molar-refractivity contribution in [3.8, 4) is 11.8 Å². The molecule has 0 bridgehead atoms. The zero-order valence-electron chi connectivity index (χ0n) is 7.24. The number of methoxy groups -OCH3 is 1. The van der Waals surface area contributed by atoms with E-state index in [4.69, 9.17) is 10.4 Å². The predicted octanol–water partition coefficient (Wildman–Crippen LogP) is 1.40. The maximum Gasteiger partial charge on any atom is 0.339 e. The largest absolute Gasteiger partial charge is 0.493 e. The molecule has 0 aliphatic rings. The summed E-state index contributed by atoms with van der Waals surface area (Å²) in [6.45, 7) is 0. The Morgan fingerprint density at radius 3 is 2.71 bits per heavy atom. The third kappa shape index (κ3) is 1.64. The maximum atomic E-state index is 13.1. The second-order valence-corrected chi connectivity index (χ2v) is 2.46. The fourth-order valence-corrected chi connectivity index (χ4v) is 1.02. The Labute approximate surface area is 79.2 Å². The Kier molecular flexibility index (Phi) is 2.67. The molecule has 0 spiro atoms. The van der Waals surface area contributed by atoms with Gasteiger partial charge >= 0.3 is 5.97 Å². The summed E-state index contributed by atoms with van der Waals surface area (Å²) in [5.74, 6) is -2.56. The molecule has 1 aromatic rings. The minimum absolute atomic E-state index is 0.0549. The van der Waals surface area contributed by atoms with Gasteiger partial charge in [0, 0.05) is 0 Å². The summed E-state index contributed by atoms with van der Waals surface area (Å²) in [5.41, 5.74) is -0.412. The first-order chi connectivity index (χ1) is 6.60. The SMILES string of the molecule is COc1c(F)cc(C#N)cc1C(=O)O. The Hall–Kier alpha value is -2.09. The summed E-state index contributed by atoms with van der Waals surface area (Å²) in [6.07, 6.45) is 0. The van der Waals surface area contributed by atoms with Crippen LogP contribution in [0.3, 0.4) is 0 Å². The topological polar surface area (TPSA) is 70.3 Å². The van der Waals surface area contributed by atoms with Gasteiger partial charge in [0.15, 0.2) is 11.6 Å². The third-order valence-corrected chi connectivity index (χ3v) is 1.61. The Balaban J connectivity index is 3.45. The van der Waals surface area contributed by atoms with Crippen molar-refractivity contribution >= 4 is 5.97 Å². The number of carboxylic acid groups (broad SMARTS) is 1. The van der Waals surface area contributed by atoms with Crippen molar-refractivity contribution in [3.05, 3.63) is 29.1 Å². The van der Waals surface area contributed by atoms with E-state index >= 15 is 0 Å². The first kappa shape index (κ1) is 9.99. The Bertz CT molecular complexity index is 423. The molecule has 1 aromatic carbocycles. The summed E-state index contributed by atoms with van der Waals surface area (Å²) in [4.78, 5) is 10.6. The van der Waals surface area contributed by atoms with Gasteiger partial charge in [-0.15, -0.1) is 0 Å². The molecule has 72 valence electrons. The summed E-state index contributed by atoms with van der Waals surface area (Å²) in [5, 5.41) is 17.2. The van der Waals surface area contributed by atoms with Crippen LogP contribution in [0.15, 0.2) is 12.1 Å². The normalized spacial score (nSPS) is 9.21. The predicted molar refractivity (Wildman–Crippen MR) is 44.6 cm³/mol. The number of carbonyl (C=O) groups is 1. The van der Waals surface area contributed by atoms with Crippen LogP contribution in [0.1, 0.15) is 15.9 Å². The lowest BCUT2D eigenvalue weighted by Gasteiger charge is -2.05. The molecule has 0 heterocycles. The molecule has 0 atom stereocenters. The zero-order chi connectivity index (χ0) is 10.7. The molecule has 0 aromatic heterocycles. The van der Waals surface area contributed by atoms with Crippen molar-refractivity contribution < 1.29 is 19.0 Å². The van der Waals surface area contributed by atoms with E-state index < -0.39 is 11.8 Å². The van der Waals surface area contributed by atoms with Gasteiger partial charge in [-0.3, -0.25) is 0 Å². The lowest BCUT2D eigenvalue weighted by molar-refractivity contribution is 0.0692. The van der Waals surface area contributed by atoms with Gasteiger partial charge in [0.2, 0.25) is 0 Å². The zero-order valence-corrected chi connectivity index (χ0v) is 7.24. The summed E-state index contributed by atoms with van der Waals surface area (Å²) in [7, 11) is 1.16. The fraction of sp³-hybridized carbons (Fsp3) is 0.111. The molecule has 1 N–H and O–H groups in total. The summed E-state index contributed by atoms with van der Waals surface area (Å²) >= 11 is 0.